The monoisotopic (exact) mass is 245 g/mol. The van der Waals surface area contributed by atoms with Gasteiger partial charge in [0.25, 0.3) is 0 Å². The smallest absolute Gasteiger partial charge is 0.0881 e. The topological polar surface area (TPSA) is 40.7 Å². The van der Waals surface area contributed by atoms with E-state index in [0.29, 0.717) is 6.04 Å². The minimum atomic E-state index is 0.536. The molecule has 0 amide bonds. The minimum Gasteiger partial charge on any atom is -0.381 e. The van der Waals surface area contributed by atoms with Gasteiger partial charge in [-0.3, -0.25) is 5.10 Å². The molecule has 0 saturated carbocycles. The van der Waals surface area contributed by atoms with Crippen molar-refractivity contribution in [3.8, 4) is 0 Å². The first-order chi connectivity index (χ1) is 8.74. The van der Waals surface area contributed by atoms with Gasteiger partial charge in [-0.25, -0.2) is 0 Å². The number of benzene rings is 1. The molecule has 3 heteroatoms. The minimum absolute atomic E-state index is 0.536. The fraction of sp³-hybridized carbons (Fsp3) is 0.533. The number of hydrogen-bond donors (Lipinski definition) is 2. The molecule has 2 rings (SSSR count). The van der Waals surface area contributed by atoms with Crippen LogP contribution >= 0.6 is 0 Å². The highest BCUT2D eigenvalue weighted by molar-refractivity contribution is 5.89. The average molecular weight is 245 g/mol. The third-order valence-corrected chi connectivity index (χ3v) is 3.71. The summed E-state index contributed by atoms with van der Waals surface area (Å²) in [5.41, 5.74) is 2.28. The molecule has 18 heavy (non-hydrogen) atoms. The van der Waals surface area contributed by atoms with Crippen LogP contribution in [0.1, 0.15) is 40.0 Å². The molecule has 98 valence electrons. The van der Waals surface area contributed by atoms with Gasteiger partial charge >= 0.3 is 0 Å². The van der Waals surface area contributed by atoms with Gasteiger partial charge in [0.15, 0.2) is 0 Å². The second-order valence-corrected chi connectivity index (χ2v) is 5.14. The Morgan fingerprint density at radius 2 is 2.11 bits per heavy atom. The summed E-state index contributed by atoms with van der Waals surface area (Å²) in [6, 6.07) is 6.82. The van der Waals surface area contributed by atoms with Gasteiger partial charge < -0.3 is 5.32 Å². The summed E-state index contributed by atoms with van der Waals surface area (Å²) in [7, 11) is 0. The van der Waals surface area contributed by atoms with Crippen LogP contribution in [0.15, 0.2) is 24.4 Å². The third kappa shape index (κ3) is 2.84. The maximum atomic E-state index is 4.11. The summed E-state index contributed by atoms with van der Waals surface area (Å²) >= 11 is 0. The van der Waals surface area contributed by atoms with E-state index in [-0.39, 0.29) is 0 Å². The first kappa shape index (κ1) is 12.9. The number of nitrogens with one attached hydrogen (secondary N) is 2. The molecule has 0 aliphatic heterocycles. The lowest BCUT2D eigenvalue weighted by atomic mass is 9.97. The van der Waals surface area contributed by atoms with Gasteiger partial charge in [0, 0.05) is 11.4 Å². The van der Waals surface area contributed by atoms with E-state index < -0.39 is 0 Å². The van der Waals surface area contributed by atoms with Crippen molar-refractivity contribution in [1.82, 2.24) is 10.2 Å². The Bertz CT molecular complexity index is 489. The fourth-order valence-corrected chi connectivity index (χ4v) is 2.29. The lowest BCUT2D eigenvalue weighted by Gasteiger charge is -2.21. The van der Waals surface area contributed by atoms with E-state index in [1.165, 1.54) is 23.9 Å². The van der Waals surface area contributed by atoms with E-state index in [1.54, 1.807) is 0 Å². The number of fused-ring (bicyclic) bond motifs is 1. The number of aromatic amines is 1. The van der Waals surface area contributed by atoms with Crippen LogP contribution in [0.4, 0.5) is 5.69 Å². The molecule has 0 spiro atoms. The maximum absolute atomic E-state index is 4.11. The summed E-state index contributed by atoms with van der Waals surface area (Å²) in [6.07, 6.45) is 5.48. The number of rotatable bonds is 6. The van der Waals surface area contributed by atoms with Crippen LogP contribution in [-0.4, -0.2) is 16.2 Å². The van der Waals surface area contributed by atoms with Crippen LogP contribution in [0.5, 0.6) is 0 Å². The quantitative estimate of drug-likeness (QED) is 0.801. The number of anilines is 1. The van der Waals surface area contributed by atoms with Crippen LogP contribution in [0, 0.1) is 5.92 Å². The second-order valence-electron chi connectivity index (χ2n) is 5.14. The molecule has 3 nitrogen and oxygen atoms in total. The normalized spacial score (nSPS) is 14.6. The van der Waals surface area contributed by atoms with Gasteiger partial charge in [0.2, 0.25) is 0 Å². The molecule has 1 aromatic carbocycles. The molecule has 1 heterocycles. The van der Waals surface area contributed by atoms with E-state index in [0.717, 1.165) is 17.9 Å². The summed E-state index contributed by atoms with van der Waals surface area (Å²) in [6.45, 7) is 6.82. The fourth-order valence-electron chi connectivity index (χ4n) is 2.29. The number of H-pyrrole nitrogens is 1. The summed E-state index contributed by atoms with van der Waals surface area (Å²) in [5, 5.41) is 12.0. The highest BCUT2D eigenvalue weighted by Crippen LogP contribution is 2.23. The van der Waals surface area contributed by atoms with E-state index in [2.05, 4.69) is 54.5 Å². The van der Waals surface area contributed by atoms with Crippen LogP contribution in [-0.2, 0) is 0 Å². The SMILES string of the molecule is CCC(C)CC(CC)Nc1cccc2cn[nH]c12. The summed E-state index contributed by atoms with van der Waals surface area (Å²) < 4.78 is 0. The van der Waals surface area contributed by atoms with Gasteiger partial charge in [0.05, 0.1) is 17.4 Å². The highest BCUT2D eigenvalue weighted by Gasteiger charge is 2.12. The molecule has 0 aliphatic carbocycles. The zero-order chi connectivity index (χ0) is 13.0. The Kier molecular flexibility index (Phi) is 4.24. The van der Waals surface area contributed by atoms with Crippen molar-refractivity contribution >= 4 is 16.6 Å². The average Bonchev–Trinajstić information content (AvgIpc) is 2.87. The highest BCUT2D eigenvalue weighted by atomic mass is 15.1. The van der Waals surface area contributed by atoms with E-state index in [4.69, 9.17) is 0 Å². The molecule has 0 aliphatic rings. The Morgan fingerprint density at radius 1 is 1.28 bits per heavy atom. The number of nitrogens with zero attached hydrogens (tertiary/aromatic N) is 1. The number of aromatic nitrogens is 2. The molecule has 0 bridgehead atoms. The van der Waals surface area contributed by atoms with Gasteiger partial charge in [0.1, 0.15) is 0 Å². The lowest BCUT2D eigenvalue weighted by Crippen LogP contribution is -2.21. The maximum Gasteiger partial charge on any atom is 0.0881 e. The van der Waals surface area contributed by atoms with E-state index in [9.17, 15) is 0 Å². The third-order valence-electron chi connectivity index (χ3n) is 3.71. The molecule has 0 fully saturated rings. The van der Waals surface area contributed by atoms with Crippen LogP contribution in [0.2, 0.25) is 0 Å². The van der Waals surface area contributed by atoms with Crippen molar-refractivity contribution in [2.75, 3.05) is 5.32 Å². The molecule has 0 saturated heterocycles. The Morgan fingerprint density at radius 3 is 2.83 bits per heavy atom. The molecular weight excluding hydrogens is 222 g/mol. The molecule has 2 aromatic rings. The van der Waals surface area contributed by atoms with Crippen molar-refractivity contribution in [3.05, 3.63) is 24.4 Å². The molecule has 1 aromatic heterocycles. The molecule has 2 atom stereocenters. The van der Waals surface area contributed by atoms with Gasteiger partial charge in [-0.05, 0) is 24.8 Å². The number of hydrogen-bond acceptors (Lipinski definition) is 2. The largest absolute Gasteiger partial charge is 0.381 e. The molecular formula is C15H23N3. The van der Waals surface area contributed by atoms with Gasteiger partial charge in [-0.2, -0.15) is 5.10 Å². The van der Waals surface area contributed by atoms with Crippen molar-refractivity contribution in [3.63, 3.8) is 0 Å². The first-order valence-electron chi connectivity index (χ1n) is 6.93. The Labute approximate surface area is 109 Å². The predicted octanol–water partition coefficient (Wildman–Crippen LogP) is 4.19. The van der Waals surface area contributed by atoms with Crippen molar-refractivity contribution in [2.24, 2.45) is 5.92 Å². The standard InChI is InChI=1S/C15H23N3/c1-4-11(3)9-13(5-2)17-14-8-6-7-12-10-16-18-15(12)14/h6-8,10-11,13,17H,4-5,9H2,1-3H3,(H,16,18). The van der Waals surface area contributed by atoms with Crippen molar-refractivity contribution in [1.29, 1.82) is 0 Å². The number of para-hydroxylation sites is 1. The van der Waals surface area contributed by atoms with Crippen molar-refractivity contribution < 1.29 is 0 Å². The van der Waals surface area contributed by atoms with Crippen LogP contribution in [0.3, 0.4) is 0 Å². The predicted molar refractivity (Wildman–Crippen MR) is 77.9 cm³/mol. The second kappa shape index (κ2) is 5.89. The van der Waals surface area contributed by atoms with E-state index in [1.807, 2.05) is 6.20 Å². The van der Waals surface area contributed by atoms with Crippen LogP contribution < -0.4 is 5.32 Å². The van der Waals surface area contributed by atoms with Crippen molar-refractivity contribution in [2.45, 2.75) is 46.1 Å². The van der Waals surface area contributed by atoms with E-state index >= 15 is 0 Å². The molecule has 0 radical (unpaired) electrons. The van der Waals surface area contributed by atoms with Gasteiger partial charge in [-0.15, -0.1) is 0 Å². The molecule has 2 unspecified atom stereocenters. The van der Waals surface area contributed by atoms with Gasteiger partial charge in [-0.1, -0.05) is 39.3 Å². The molecule has 2 N–H and O–H groups in total. The van der Waals surface area contributed by atoms with Crippen LogP contribution in [0.25, 0.3) is 10.9 Å². The summed E-state index contributed by atoms with van der Waals surface area (Å²) in [4.78, 5) is 0. The zero-order valence-corrected chi connectivity index (χ0v) is 11.5. The lowest BCUT2D eigenvalue weighted by molar-refractivity contribution is 0.462. The zero-order valence-electron chi connectivity index (χ0n) is 11.5. The Hall–Kier alpha value is -1.51. The summed E-state index contributed by atoms with van der Waals surface area (Å²) in [5.74, 6) is 0.767. The Balaban J connectivity index is 2.13. The first-order valence-corrected chi connectivity index (χ1v) is 6.93.